The van der Waals surface area contributed by atoms with Crippen molar-refractivity contribution in [3.05, 3.63) is 111 Å². The number of methoxy groups -OCH3 is 2. The second-order valence-electron chi connectivity index (χ2n) is 9.10. The Labute approximate surface area is 241 Å². The van der Waals surface area contributed by atoms with Crippen LogP contribution in [0.25, 0.3) is 22.4 Å². The summed E-state index contributed by atoms with van der Waals surface area (Å²) in [4.78, 5) is 18.0. The lowest BCUT2D eigenvalue weighted by atomic mass is 10.1. The molecule has 1 N–H and O–H groups in total. The monoisotopic (exact) mass is 577 g/mol. The molecule has 0 spiro atoms. The number of benzene rings is 4. The molecule has 4 aromatic carbocycles. The molecule has 1 aromatic heterocycles. The van der Waals surface area contributed by atoms with Gasteiger partial charge in [-0.1, -0.05) is 53.5 Å². The van der Waals surface area contributed by atoms with Crippen molar-refractivity contribution in [1.82, 2.24) is 14.9 Å². The van der Waals surface area contributed by atoms with Crippen LogP contribution in [-0.4, -0.2) is 29.7 Å². The molecule has 0 atom stereocenters. The molecule has 6 nitrogen and oxygen atoms in total. The molecule has 9 heteroatoms. The molecule has 0 radical (unpaired) electrons. The number of aryl methyl sites for hydroxylation is 2. The molecule has 0 aliphatic heterocycles. The number of hydrogen-bond acceptors (Lipinski definition) is 4. The van der Waals surface area contributed by atoms with Gasteiger partial charge in [0.05, 0.1) is 35.3 Å². The van der Waals surface area contributed by atoms with Crippen molar-refractivity contribution in [2.45, 2.75) is 19.5 Å². The highest BCUT2D eigenvalue weighted by molar-refractivity contribution is 6.42. The van der Waals surface area contributed by atoms with E-state index in [0.29, 0.717) is 57.0 Å². The lowest BCUT2D eigenvalue weighted by molar-refractivity contribution is 0.0950. The van der Waals surface area contributed by atoms with Crippen molar-refractivity contribution in [2.24, 2.45) is 0 Å². The van der Waals surface area contributed by atoms with Crippen LogP contribution in [0.1, 0.15) is 21.5 Å². The quantitative estimate of drug-likeness (QED) is 0.199. The number of halogens is 3. The van der Waals surface area contributed by atoms with Crippen molar-refractivity contribution in [2.75, 3.05) is 14.2 Å². The van der Waals surface area contributed by atoms with Crippen LogP contribution >= 0.6 is 23.2 Å². The summed E-state index contributed by atoms with van der Waals surface area (Å²) in [6, 6.07) is 22.9. The van der Waals surface area contributed by atoms with E-state index in [1.807, 2.05) is 34.9 Å². The summed E-state index contributed by atoms with van der Waals surface area (Å²) in [6.45, 7) is 0.719. The maximum atomic E-state index is 14.4. The minimum Gasteiger partial charge on any atom is -0.493 e. The van der Waals surface area contributed by atoms with E-state index < -0.39 is 0 Å². The lowest BCUT2D eigenvalue weighted by Crippen LogP contribution is -2.23. The molecule has 0 saturated carbocycles. The second-order valence-corrected chi connectivity index (χ2v) is 9.91. The number of amides is 1. The number of carbonyl (C=O) groups excluding carboxylic acids is 1. The Morgan fingerprint density at radius 3 is 2.48 bits per heavy atom. The molecule has 5 aromatic rings. The fourth-order valence-electron chi connectivity index (χ4n) is 4.66. The van der Waals surface area contributed by atoms with Gasteiger partial charge in [-0.3, -0.25) is 4.79 Å². The Balaban J connectivity index is 1.46. The minimum absolute atomic E-state index is 0.253. The summed E-state index contributed by atoms with van der Waals surface area (Å²) in [5.41, 5.74) is 4.04. The number of aromatic nitrogens is 2. The zero-order valence-electron chi connectivity index (χ0n) is 21.9. The van der Waals surface area contributed by atoms with E-state index in [-0.39, 0.29) is 18.3 Å². The van der Waals surface area contributed by atoms with E-state index in [1.165, 1.54) is 6.07 Å². The molecule has 1 amide bonds. The number of para-hydroxylation sites is 1. The summed E-state index contributed by atoms with van der Waals surface area (Å²) in [7, 11) is 3.13. The Hall–Kier alpha value is -4.07. The SMILES string of the molecule is COc1cccc(CNC(=O)c2ccc3c(c2)nc(-c2ccc(Cl)c(Cl)c2)n3CCc2ccccc2F)c1OC. The van der Waals surface area contributed by atoms with Crippen LogP contribution in [0.2, 0.25) is 10.0 Å². The molecule has 5 rings (SSSR count). The third-order valence-corrected chi connectivity index (χ3v) is 7.41. The first kappa shape index (κ1) is 27.5. The smallest absolute Gasteiger partial charge is 0.251 e. The van der Waals surface area contributed by atoms with Crippen LogP contribution in [0.3, 0.4) is 0 Å². The lowest BCUT2D eigenvalue weighted by Gasteiger charge is -2.13. The van der Waals surface area contributed by atoms with Crippen molar-refractivity contribution < 1.29 is 18.7 Å². The summed E-state index contributed by atoms with van der Waals surface area (Å²) in [6.07, 6.45) is 0.455. The van der Waals surface area contributed by atoms with Gasteiger partial charge in [-0.15, -0.1) is 0 Å². The van der Waals surface area contributed by atoms with Crippen LogP contribution in [0.4, 0.5) is 4.39 Å². The fourth-order valence-corrected chi connectivity index (χ4v) is 4.95. The van der Waals surface area contributed by atoms with Gasteiger partial charge >= 0.3 is 0 Å². The highest BCUT2D eigenvalue weighted by Crippen LogP contribution is 2.32. The topological polar surface area (TPSA) is 65.4 Å². The average Bonchev–Trinajstić information content (AvgIpc) is 3.34. The van der Waals surface area contributed by atoms with Crippen LogP contribution in [0.5, 0.6) is 11.5 Å². The predicted octanol–water partition coefficient (Wildman–Crippen LogP) is 7.34. The standard InChI is InChI=1S/C31H26Cl2FN3O3/c1-39-28-9-5-7-22(29(28)40-2)18-35-31(38)21-11-13-27-26(17-21)36-30(20-10-12-23(32)24(33)16-20)37(27)15-14-19-6-3-4-8-25(19)34/h3-13,16-17H,14-15,18H2,1-2H3,(H,35,38). The zero-order valence-corrected chi connectivity index (χ0v) is 23.4. The van der Waals surface area contributed by atoms with Crippen LogP contribution in [0, 0.1) is 5.82 Å². The van der Waals surface area contributed by atoms with Gasteiger partial charge in [0.15, 0.2) is 11.5 Å². The van der Waals surface area contributed by atoms with E-state index in [4.69, 9.17) is 37.7 Å². The van der Waals surface area contributed by atoms with Crippen molar-refractivity contribution in [1.29, 1.82) is 0 Å². The van der Waals surface area contributed by atoms with Crippen LogP contribution < -0.4 is 14.8 Å². The third kappa shape index (κ3) is 5.62. The minimum atomic E-state index is -0.260. The Kier molecular flexibility index (Phi) is 8.24. The second kappa shape index (κ2) is 12.0. The highest BCUT2D eigenvalue weighted by Gasteiger charge is 2.17. The third-order valence-electron chi connectivity index (χ3n) is 6.67. The van der Waals surface area contributed by atoms with Gasteiger partial charge in [0.2, 0.25) is 0 Å². The fraction of sp³-hybridized carbons (Fsp3) is 0.161. The molecule has 0 fully saturated rings. The summed E-state index contributed by atoms with van der Waals surface area (Å²) in [5.74, 6) is 1.29. The molecule has 204 valence electrons. The van der Waals surface area contributed by atoms with E-state index in [1.54, 1.807) is 56.7 Å². The van der Waals surface area contributed by atoms with Crippen molar-refractivity contribution in [3.8, 4) is 22.9 Å². The largest absolute Gasteiger partial charge is 0.493 e. The van der Waals surface area contributed by atoms with E-state index in [2.05, 4.69) is 5.32 Å². The van der Waals surface area contributed by atoms with Gasteiger partial charge in [-0.2, -0.15) is 0 Å². The first-order chi connectivity index (χ1) is 19.4. The van der Waals surface area contributed by atoms with Crippen LogP contribution in [0.15, 0.2) is 78.9 Å². The molecular weight excluding hydrogens is 552 g/mol. The van der Waals surface area contributed by atoms with E-state index in [0.717, 1.165) is 16.6 Å². The van der Waals surface area contributed by atoms with Gasteiger partial charge in [0.1, 0.15) is 11.6 Å². The average molecular weight is 578 g/mol. The number of ether oxygens (including phenoxy) is 2. The molecule has 0 aliphatic carbocycles. The van der Waals surface area contributed by atoms with Crippen molar-refractivity contribution in [3.63, 3.8) is 0 Å². The zero-order chi connectivity index (χ0) is 28.2. The maximum absolute atomic E-state index is 14.4. The summed E-state index contributed by atoms with van der Waals surface area (Å²) < 4.78 is 27.2. The van der Waals surface area contributed by atoms with Gasteiger partial charge in [0, 0.05) is 29.8 Å². The van der Waals surface area contributed by atoms with Gasteiger partial charge < -0.3 is 19.4 Å². The number of carbonyl (C=O) groups is 1. The first-order valence-electron chi connectivity index (χ1n) is 12.6. The van der Waals surface area contributed by atoms with E-state index in [9.17, 15) is 9.18 Å². The Morgan fingerprint density at radius 1 is 0.925 bits per heavy atom. The number of fused-ring (bicyclic) bond motifs is 1. The molecule has 0 bridgehead atoms. The van der Waals surface area contributed by atoms with Crippen LogP contribution in [-0.2, 0) is 19.5 Å². The molecule has 1 heterocycles. The number of hydrogen-bond donors (Lipinski definition) is 1. The summed E-state index contributed by atoms with van der Waals surface area (Å²) >= 11 is 12.5. The van der Waals surface area contributed by atoms with Gasteiger partial charge in [-0.25, -0.2) is 9.37 Å². The number of imidazole rings is 1. The first-order valence-corrected chi connectivity index (χ1v) is 13.3. The number of nitrogens with one attached hydrogen (secondary N) is 1. The van der Waals surface area contributed by atoms with Gasteiger partial charge in [0.25, 0.3) is 5.91 Å². The van der Waals surface area contributed by atoms with Crippen molar-refractivity contribution >= 4 is 40.1 Å². The number of nitrogens with zero attached hydrogens (tertiary/aromatic N) is 2. The predicted molar refractivity (Wildman–Crippen MR) is 156 cm³/mol. The molecular formula is C31H26Cl2FN3O3. The highest BCUT2D eigenvalue weighted by atomic mass is 35.5. The Morgan fingerprint density at radius 2 is 1.73 bits per heavy atom. The number of rotatable bonds is 9. The van der Waals surface area contributed by atoms with Gasteiger partial charge in [-0.05, 0) is 60.5 Å². The Bertz CT molecular complexity index is 1700. The van der Waals surface area contributed by atoms with E-state index >= 15 is 0 Å². The molecule has 0 saturated heterocycles. The normalized spacial score (nSPS) is 11.0. The molecule has 40 heavy (non-hydrogen) atoms. The summed E-state index contributed by atoms with van der Waals surface area (Å²) in [5, 5.41) is 3.78. The molecule has 0 aliphatic rings. The maximum Gasteiger partial charge on any atom is 0.251 e. The molecule has 0 unspecified atom stereocenters.